The Balaban J connectivity index is 3.09. The van der Waals surface area contributed by atoms with E-state index < -0.39 is 4.92 Å². The fourth-order valence-electron chi connectivity index (χ4n) is 0.955. The van der Waals surface area contributed by atoms with Crippen molar-refractivity contribution in [3.05, 3.63) is 26.9 Å². The molecule has 0 saturated carbocycles. The lowest BCUT2D eigenvalue weighted by atomic mass is 10.3. The monoisotopic (exact) mass is 259 g/mol. The molecule has 1 aromatic heterocycles. The molecule has 0 saturated heterocycles. The largest absolute Gasteiger partial charge is 0.362 e. The third kappa shape index (κ3) is 2.66. The van der Waals surface area contributed by atoms with E-state index in [1.807, 2.05) is 13.8 Å². The quantitative estimate of drug-likeness (QED) is 0.515. The summed E-state index contributed by atoms with van der Waals surface area (Å²) in [6, 6.07) is 3.07. The van der Waals surface area contributed by atoms with E-state index >= 15 is 0 Å². The standard InChI is InChI=1S/C8H10BrN3O2/c1-5(2)10-8-6(12(13)14)3-4-7(9)11-8/h3-5H,1-2H3,(H,10,11). The van der Waals surface area contributed by atoms with Crippen molar-refractivity contribution in [2.24, 2.45) is 0 Å². The van der Waals surface area contributed by atoms with Crippen molar-refractivity contribution in [1.82, 2.24) is 4.98 Å². The van der Waals surface area contributed by atoms with Crippen LogP contribution in [0.25, 0.3) is 0 Å². The zero-order valence-electron chi connectivity index (χ0n) is 7.82. The van der Waals surface area contributed by atoms with E-state index in [1.165, 1.54) is 6.07 Å². The number of rotatable bonds is 3. The third-order valence-electron chi connectivity index (χ3n) is 1.46. The van der Waals surface area contributed by atoms with Crippen LogP contribution in [0.15, 0.2) is 16.7 Å². The number of aromatic nitrogens is 1. The van der Waals surface area contributed by atoms with E-state index in [0.717, 1.165) is 0 Å². The van der Waals surface area contributed by atoms with Gasteiger partial charge < -0.3 is 5.32 Å². The second kappa shape index (κ2) is 4.36. The van der Waals surface area contributed by atoms with Crippen molar-refractivity contribution < 1.29 is 4.92 Å². The predicted molar refractivity (Wildman–Crippen MR) is 57.4 cm³/mol. The van der Waals surface area contributed by atoms with Crippen molar-refractivity contribution in [3.8, 4) is 0 Å². The van der Waals surface area contributed by atoms with Gasteiger partial charge in [-0.1, -0.05) is 0 Å². The van der Waals surface area contributed by atoms with Gasteiger partial charge in [-0.2, -0.15) is 0 Å². The van der Waals surface area contributed by atoms with E-state index in [4.69, 9.17) is 0 Å². The van der Waals surface area contributed by atoms with Gasteiger partial charge in [0.1, 0.15) is 4.60 Å². The Kier molecular flexibility index (Phi) is 3.40. The Bertz CT molecular complexity index is 354. The molecule has 5 nitrogen and oxygen atoms in total. The summed E-state index contributed by atoms with van der Waals surface area (Å²) >= 11 is 3.16. The topological polar surface area (TPSA) is 68.1 Å². The third-order valence-corrected chi connectivity index (χ3v) is 1.90. The molecule has 6 heteroatoms. The molecule has 0 aliphatic carbocycles. The van der Waals surface area contributed by atoms with Crippen LogP contribution in [0.5, 0.6) is 0 Å². The Morgan fingerprint density at radius 2 is 2.21 bits per heavy atom. The normalized spacial score (nSPS) is 10.3. The van der Waals surface area contributed by atoms with Crippen LogP contribution in [0.4, 0.5) is 11.5 Å². The molecule has 0 bridgehead atoms. The molecule has 1 rings (SSSR count). The summed E-state index contributed by atoms with van der Waals surface area (Å²) in [5.41, 5.74) is -0.0121. The van der Waals surface area contributed by atoms with Crippen LogP contribution in [0, 0.1) is 10.1 Å². The summed E-state index contributed by atoms with van der Waals surface area (Å²) in [5, 5.41) is 13.5. The fraction of sp³-hybridized carbons (Fsp3) is 0.375. The highest BCUT2D eigenvalue weighted by Crippen LogP contribution is 2.24. The van der Waals surface area contributed by atoms with Crippen molar-refractivity contribution in [3.63, 3.8) is 0 Å². The van der Waals surface area contributed by atoms with E-state index in [1.54, 1.807) is 6.07 Å². The smallest absolute Gasteiger partial charge is 0.311 e. The molecule has 0 aromatic carbocycles. The number of halogens is 1. The summed E-state index contributed by atoms with van der Waals surface area (Å²) in [7, 11) is 0. The number of hydrogen-bond acceptors (Lipinski definition) is 4. The molecule has 0 fully saturated rings. The van der Waals surface area contributed by atoms with Crippen molar-refractivity contribution in [2.45, 2.75) is 19.9 Å². The first kappa shape index (κ1) is 10.9. The van der Waals surface area contributed by atoms with Gasteiger partial charge in [0, 0.05) is 12.1 Å². The van der Waals surface area contributed by atoms with Crippen LogP contribution in [0.3, 0.4) is 0 Å². The van der Waals surface area contributed by atoms with Gasteiger partial charge in [0.15, 0.2) is 0 Å². The van der Waals surface area contributed by atoms with Gasteiger partial charge in [-0.15, -0.1) is 0 Å². The highest BCUT2D eigenvalue weighted by molar-refractivity contribution is 9.10. The molecule has 0 unspecified atom stereocenters. The first-order valence-electron chi connectivity index (χ1n) is 4.08. The molecule has 14 heavy (non-hydrogen) atoms. The number of hydrogen-bond donors (Lipinski definition) is 1. The average molecular weight is 260 g/mol. The Hall–Kier alpha value is -1.17. The zero-order valence-corrected chi connectivity index (χ0v) is 9.41. The van der Waals surface area contributed by atoms with E-state index in [0.29, 0.717) is 10.4 Å². The number of anilines is 1. The molecular formula is C8H10BrN3O2. The van der Waals surface area contributed by atoms with Crippen LogP contribution in [-0.4, -0.2) is 15.9 Å². The van der Waals surface area contributed by atoms with Crippen LogP contribution >= 0.6 is 15.9 Å². The van der Waals surface area contributed by atoms with Gasteiger partial charge >= 0.3 is 5.69 Å². The van der Waals surface area contributed by atoms with Crippen LogP contribution < -0.4 is 5.32 Å². The average Bonchev–Trinajstić information content (AvgIpc) is 2.01. The van der Waals surface area contributed by atoms with Gasteiger partial charge in [-0.3, -0.25) is 10.1 Å². The van der Waals surface area contributed by atoms with Crippen LogP contribution in [-0.2, 0) is 0 Å². The Labute approximate surface area is 89.8 Å². The molecule has 1 N–H and O–H groups in total. The first-order valence-corrected chi connectivity index (χ1v) is 4.87. The number of pyridine rings is 1. The lowest BCUT2D eigenvalue weighted by molar-refractivity contribution is -0.384. The Morgan fingerprint density at radius 1 is 1.57 bits per heavy atom. The molecule has 1 aromatic rings. The molecule has 0 radical (unpaired) electrons. The highest BCUT2D eigenvalue weighted by Gasteiger charge is 2.15. The summed E-state index contributed by atoms with van der Waals surface area (Å²) in [6.45, 7) is 3.79. The second-order valence-electron chi connectivity index (χ2n) is 3.06. The predicted octanol–water partition coefficient (Wildman–Crippen LogP) is 2.57. The maximum atomic E-state index is 10.6. The number of nitrogens with zero attached hydrogens (tertiary/aromatic N) is 2. The van der Waals surface area contributed by atoms with Crippen molar-refractivity contribution in [1.29, 1.82) is 0 Å². The molecular weight excluding hydrogens is 250 g/mol. The highest BCUT2D eigenvalue weighted by atomic mass is 79.9. The fourth-order valence-corrected chi connectivity index (χ4v) is 1.26. The van der Waals surface area contributed by atoms with Gasteiger partial charge in [-0.25, -0.2) is 4.98 Å². The van der Waals surface area contributed by atoms with Crippen molar-refractivity contribution in [2.75, 3.05) is 5.32 Å². The number of nitro groups is 1. The molecule has 0 amide bonds. The summed E-state index contributed by atoms with van der Waals surface area (Å²) in [6.07, 6.45) is 0. The first-order chi connectivity index (χ1) is 6.50. The van der Waals surface area contributed by atoms with Gasteiger partial charge in [0.25, 0.3) is 0 Å². The second-order valence-corrected chi connectivity index (χ2v) is 3.87. The molecule has 0 atom stereocenters. The lowest BCUT2D eigenvalue weighted by Gasteiger charge is -2.08. The van der Waals surface area contributed by atoms with E-state index in [2.05, 4.69) is 26.2 Å². The van der Waals surface area contributed by atoms with Gasteiger partial charge in [0.2, 0.25) is 5.82 Å². The molecule has 1 heterocycles. The Morgan fingerprint density at radius 3 is 2.71 bits per heavy atom. The molecule has 76 valence electrons. The maximum absolute atomic E-state index is 10.6. The van der Waals surface area contributed by atoms with Gasteiger partial charge in [-0.05, 0) is 35.8 Å². The summed E-state index contributed by atoms with van der Waals surface area (Å²) < 4.78 is 0.575. The van der Waals surface area contributed by atoms with E-state index in [-0.39, 0.29) is 11.7 Å². The number of nitrogens with one attached hydrogen (secondary N) is 1. The van der Waals surface area contributed by atoms with Gasteiger partial charge in [0.05, 0.1) is 4.92 Å². The minimum Gasteiger partial charge on any atom is -0.362 e. The summed E-state index contributed by atoms with van der Waals surface area (Å²) in [5.74, 6) is 0.291. The lowest BCUT2D eigenvalue weighted by Crippen LogP contribution is -2.12. The van der Waals surface area contributed by atoms with Crippen molar-refractivity contribution >= 4 is 27.4 Å². The van der Waals surface area contributed by atoms with E-state index in [9.17, 15) is 10.1 Å². The molecule has 0 aliphatic rings. The molecule has 0 spiro atoms. The van der Waals surface area contributed by atoms with Crippen LogP contribution in [0.1, 0.15) is 13.8 Å². The zero-order chi connectivity index (χ0) is 10.7. The summed E-state index contributed by atoms with van der Waals surface area (Å²) in [4.78, 5) is 14.2. The minimum atomic E-state index is -0.454. The van der Waals surface area contributed by atoms with Crippen LogP contribution in [0.2, 0.25) is 0 Å². The minimum absolute atomic E-state index is 0.0121. The maximum Gasteiger partial charge on any atom is 0.311 e. The SMILES string of the molecule is CC(C)Nc1nc(Br)ccc1[N+](=O)[O-]. The molecule has 0 aliphatic heterocycles.